The molecule has 2 rings (SSSR count). The molecule has 0 amide bonds. The molecule has 2 aliphatic carbocycles. The van der Waals surface area contributed by atoms with Gasteiger partial charge in [-0.05, 0) is 45.7 Å². The van der Waals surface area contributed by atoms with Gasteiger partial charge in [0.05, 0.1) is 0 Å². The molecule has 2 aliphatic rings. The van der Waals surface area contributed by atoms with Crippen LogP contribution < -0.4 is 0 Å². The van der Waals surface area contributed by atoms with Crippen LogP contribution >= 0.6 is 0 Å². The fourth-order valence-corrected chi connectivity index (χ4v) is 3.50. The molecule has 0 radical (unpaired) electrons. The monoisotopic (exact) mass is 167 g/mol. The highest BCUT2D eigenvalue weighted by Gasteiger charge is 2.45. The third-order valence-corrected chi connectivity index (χ3v) is 4.23. The summed E-state index contributed by atoms with van der Waals surface area (Å²) in [5.74, 6) is 1.03. The van der Waals surface area contributed by atoms with Crippen LogP contribution in [0.3, 0.4) is 0 Å². The van der Waals surface area contributed by atoms with Crippen molar-refractivity contribution in [2.75, 3.05) is 14.1 Å². The van der Waals surface area contributed by atoms with Crippen molar-refractivity contribution >= 4 is 0 Å². The van der Waals surface area contributed by atoms with Crippen molar-refractivity contribution in [2.45, 2.75) is 50.5 Å². The lowest BCUT2D eigenvalue weighted by molar-refractivity contribution is 0.0622. The molecule has 2 atom stereocenters. The van der Waals surface area contributed by atoms with Crippen molar-refractivity contribution < 1.29 is 0 Å². The summed E-state index contributed by atoms with van der Waals surface area (Å²) in [5, 5.41) is 0. The third-order valence-electron chi connectivity index (χ3n) is 4.23. The molecular weight excluding hydrogens is 146 g/mol. The zero-order chi connectivity index (χ0) is 8.60. The third kappa shape index (κ3) is 1.10. The average Bonchev–Trinajstić information content (AvgIpc) is 2.48. The second-order valence-electron chi connectivity index (χ2n) is 4.83. The van der Waals surface area contributed by atoms with Crippen molar-refractivity contribution in [1.82, 2.24) is 4.90 Å². The molecular formula is C11H21N. The van der Waals surface area contributed by atoms with E-state index in [0.29, 0.717) is 5.54 Å². The minimum atomic E-state index is 0.623. The van der Waals surface area contributed by atoms with E-state index in [1.54, 1.807) is 0 Å². The van der Waals surface area contributed by atoms with Gasteiger partial charge in [-0.3, -0.25) is 0 Å². The van der Waals surface area contributed by atoms with Crippen molar-refractivity contribution in [3.8, 4) is 0 Å². The SMILES string of the molecule is CN(C)C12CCCCC1CCC2. The fourth-order valence-electron chi connectivity index (χ4n) is 3.50. The van der Waals surface area contributed by atoms with E-state index in [9.17, 15) is 0 Å². The normalized spacial score (nSPS) is 41.8. The lowest BCUT2D eigenvalue weighted by Gasteiger charge is -2.45. The second-order valence-corrected chi connectivity index (χ2v) is 4.83. The highest BCUT2D eigenvalue weighted by molar-refractivity contribution is 5.00. The summed E-state index contributed by atoms with van der Waals surface area (Å²) < 4.78 is 0. The zero-order valence-corrected chi connectivity index (χ0v) is 8.47. The summed E-state index contributed by atoms with van der Waals surface area (Å²) in [6.07, 6.45) is 10.4. The van der Waals surface area contributed by atoms with Crippen molar-refractivity contribution in [2.24, 2.45) is 5.92 Å². The highest BCUT2D eigenvalue weighted by atomic mass is 15.2. The maximum Gasteiger partial charge on any atom is 0.0231 e. The lowest BCUT2D eigenvalue weighted by Crippen LogP contribution is -2.48. The van der Waals surface area contributed by atoms with E-state index in [-0.39, 0.29) is 0 Å². The Kier molecular flexibility index (Phi) is 2.16. The van der Waals surface area contributed by atoms with Crippen molar-refractivity contribution in [3.63, 3.8) is 0 Å². The number of hydrogen-bond acceptors (Lipinski definition) is 1. The van der Waals surface area contributed by atoms with Gasteiger partial charge >= 0.3 is 0 Å². The molecule has 0 saturated heterocycles. The maximum absolute atomic E-state index is 2.52. The van der Waals surface area contributed by atoms with Crippen LogP contribution in [0, 0.1) is 5.92 Å². The Hall–Kier alpha value is -0.0400. The Bertz CT molecular complexity index is 164. The van der Waals surface area contributed by atoms with Crippen LogP contribution in [0.25, 0.3) is 0 Å². The summed E-state index contributed by atoms with van der Waals surface area (Å²) in [5.41, 5.74) is 0.623. The van der Waals surface area contributed by atoms with Gasteiger partial charge in [-0.1, -0.05) is 19.3 Å². The van der Waals surface area contributed by atoms with Crippen LogP contribution in [0.15, 0.2) is 0 Å². The molecule has 12 heavy (non-hydrogen) atoms. The molecule has 0 bridgehead atoms. The standard InChI is InChI=1S/C11H21N/c1-12(2)11-8-4-3-6-10(11)7-5-9-11/h10H,3-9H2,1-2H3. The summed E-state index contributed by atoms with van der Waals surface area (Å²) in [7, 11) is 4.56. The smallest absolute Gasteiger partial charge is 0.0231 e. The largest absolute Gasteiger partial charge is 0.303 e. The second kappa shape index (κ2) is 3.02. The summed E-state index contributed by atoms with van der Waals surface area (Å²) in [4.78, 5) is 2.52. The van der Waals surface area contributed by atoms with E-state index in [1.165, 1.54) is 44.9 Å². The van der Waals surface area contributed by atoms with Crippen LogP contribution in [0.5, 0.6) is 0 Å². The molecule has 70 valence electrons. The van der Waals surface area contributed by atoms with Gasteiger partial charge in [0.1, 0.15) is 0 Å². The van der Waals surface area contributed by atoms with Gasteiger partial charge in [0.15, 0.2) is 0 Å². The maximum atomic E-state index is 2.52. The van der Waals surface area contributed by atoms with Gasteiger partial charge in [0.25, 0.3) is 0 Å². The van der Waals surface area contributed by atoms with Gasteiger partial charge < -0.3 is 4.90 Å². The van der Waals surface area contributed by atoms with Crippen LogP contribution in [0.4, 0.5) is 0 Å². The quantitative estimate of drug-likeness (QED) is 0.580. The van der Waals surface area contributed by atoms with E-state index in [2.05, 4.69) is 19.0 Å². The average molecular weight is 167 g/mol. The first-order valence-electron chi connectivity index (χ1n) is 5.43. The van der Waals surface area contributed by atoms with Gasteiger partial charge in [-0.25, -0.2) is 0 Å². The minimum absolute atomic E-state index is 0.623. The summed E-state index contributed by atoms with van der Waals surface area (Å²) in [6, 6.07) is 0. The van der Waals surface area contributed by atoms with Crippen LogP contribution in [-0.2, 0) is 0 Å². The summed E-state index contributed by atoms with van der Waals surface area (Å²) in [6.45, 7) is 0. The number of nitrogens with zero attached hydrogens (tertiary/aromatic N) is 1. The topological polar surface area (TPSA) is 3.24 Å². The van der Waals surface area contributed by atoms with E-state index >= 15 is 0 Å². The lowest BCUT2D eigenvalue weighted by atomic mass is 9.74. The number of hydrogen-bond donors (Lipinski definition) is 0. The molecule has 0 N–H and O–H groups in total. The molecule has 2 fully saturated rings. The first-order valence-corrected chi connectivity index (χ1v) is 5.43. The van der Waals surface area contributed by atoms with Gasteiger partial charge in [-0.15, -0.1) is 0 Å². The van der Waals surface area contributed by atoms with Gasteiger partial charge in [0.2, 0.25) is 0 Å². The van der Waals surface area contributed by atoms with E-state index in [4.69, 9.17) is 0 Å². The van der Waals surface area contributed by atoms with E-state index in [0.717, 1.165) is 5.92 Å². The predicted octanol–water partition coefficient (Wildman–Crippen LogP) is 2.66. The predicted molar refractivity (Wildman–Crippen MR) is 52.2 cm³/mol. The Balaban J connectivity index is 2.17. The molecule has 2 unspecified atom stereocenters. The van der Waals surface area contributed by atoms with Crippen LogP contribution in [0.2, 0.25) is 0 Å². The first-order chi connectivity index (χ1) is 5.76. The van der Waals surface area contributed by atoms with Gasteiger partial charge in [0, 0.05) is 5.54 Å². The molecule has 0 aromatic rings. The zero-order valence-electron chi connectivity index (χ0n) is 8.47. The number of rotatable bonds is 1. The molecule has 1 nitrogen and oxygen atoms in total. The Morgan fingerprint density at radius 2 is 1.67 bits per heavy atom. The molecule has 0 aromatic heterocycles. The fraction of sp³-hybridized carbons (Fsp3) is 1.00. The number of fused-ring (bicyclic) bond motifs is 1. The Labute approximate surface area is 76.1 Å². The van der Waals surface area contributed by atoms with Crippen LogP contribution in [0.1, 0.15) is 44.9 Å². The molecule has 1 heteroatoms. The summed E-state index contributed by atoms with van der Waals surface area (Å²) >= 11 is 0. The van der Waals surface area contributed by atoms with E-state index in [1.807, 2.05) is 0 Å². The minimum Gasteiger partial charge on any atom is -0.303 e. The van der Waals surface area contributed by atoms with Crippen molar-refractivity contribution in [3.05, 3.63) is 0 Å². The molecule has 0 aromatic carbocycles. The molecule has 0 spiro atoms. The van der Waals surface area contributed by atoms with E-state index < -0.39 is 0 Å². The van der Waals surface area contributed by atoms with Crippen LogP contribution in [-0.4, -0.2) is 24.5 Å². The molecule has 0 aliphatic heterocycles. The Morgan fingerprint density at radius 3 is 2.33 bits per heavy atom. The molecule has 2 saturated carbocycles. The van der Waals surface area contributed by atoms with Crippen molar-refractivity contribution in [1.29, 1.82) is 0 Å². The first kappa shape index (κ1) is 8.55. The highest BCUT2D eigenvalue weighted by Crippen LogP contribution is 2.48. The Morgan fingerprint density at radius 1 is 1.00 bits per heavy atom. The molecule has 0 heterocycles. The van der Waals surface area contributed by atoms with Gasteiger partial charge in [-0.2, -0.15) is 0 Å².